The number of nitrogens with zero attached hydrogens (tertiary/aromatic N) is 5. The molecule has 3 aromatic heterocycles. The van der Waals surface area contributed by atoms with Crippen LogP contribution in [0.5, 0.6) is 11.5 Å². The molecule has 1 saturated heterocycles. The summed E-state index contributed by atoms with van der Waals surface area (Å²) >= 11 is 14.2. The van der Waals surface area contributed by atoms with Crippen LogP contribution in [0.1, 0.15) is 29.3 Å². The maximum atomic E-state index is 13.3. The molecule has 11 nitrogen and oxygen atoms in total. The van der Waals surface area contributed by atoms with Gasteiger partial charge in [-0.25, -0.2) is 15.0 Å². The van der Waals surface area contributed by atoms with Crippen LogP contribution in [0.3, 0.4) is 0 Å². The first-order valence-electron chi connectivity index (χ1n) is 14.4. The van der Waals surface area contributed by atoms with Gasteiger partial charge in [-0.15, -0.1) is 11.3 Å². The molecule has 4 heterocycles. The number of anilines is 3. The Labute approximate surface area is 270 Å². The fourth-order valence-electron chi connectivity index (χ4n) is 4.99. The van der Waals surface area contributed by atoms with Crippen molar-refractivity contribution in [3.05, 3.63) is 57.3 Å². The molecule has 4 aromatic rings. The molecule has 0 unspecified atom stereocenters. The number of pyridine rings is 1. The lowest BCUT2D eigenvalue weighted by Gasteiger charge is -2.33. The van der Waals surface area contributed by atoms with E-state index in [1.807, 2.05) is 18.3 Å². The zero-order valence-corrected chi connectivity index (χ0v) is 27.3. The first-order chi connectivity index (χ1) is 21.4. The summed E-state index contributed by atoms with van der Waals surface area (Å²) in [5, 5.41) is 11.6. The first-order valence-corrected chi connectivity index (χ1v) is 16.1. The van der Waals surface area contributed by atoms with E-state index in [0.29, 0.717) is 38.9 Å². The van der Waals surface area contributed by atoms with Crippen LogP contribution in [0.4, 0.5) is 17.3 Å². The molecule has 0 radical (unpaired) electrons. The number of hydrogen-bond donors (Lipinski definition) is 3. The Kier molecular flexibility index (Phi) is 11.1. The average Bonchev–Trinajstić information content (AvgIpc) is 3.49. The molecule has 14 heteroatoms. The number of amides is 1. The molecule has 3 N–H and O–H groups in total. The second-order valence-electron chi connectivity index (χ2n) is 10.3. The van der Waals surface area contributed by atoms with Crippen molar-refractivity contribution in [3.63, 3.8) is 0 Å². The van der Waals surface area contributed by atoms with Gasteiger partial charge in [0.05, 0.1) is 35.7 Å². The minimum Gasteiger partial charge on any atom is -0.495 e. The Morgan fingerprint density at radius 3 is 2.41 bits per heavy atom. The fourth-order valence-corrected chi connectivity index (χ4v) is 6.53. The lowest BCUT2D eigenvalue weighted by atomic mass is 10.2. The van der Waals surface area contributed by atoms with E-state index in [2.05, 4.69) is 47.6 Å². The Morgan fingerprint density at radius 1 is 1.02 bits per heavy atom. The molecule has 1 aliphatic rings. The molecule has 0 spiro atoms. The van der Waals surface area contributed by atoms with Gasteiger partial charge in [0.25, 0.3) is 5.91 Å². The Balaban J connectivity index is 1.18. The highest BCUT2D eigenvalue weighted by Gasteiger charge is 2.22. The van der Waals surface area contributed by atoms with Crippen LogP contribution in [0.25, 0.3) is 10.2 Å². The highest BCUT2D eigenvalue weighted by Crippen LogP contribution is 2.44. The summed E-state index contributed by atoms with van der Waals surface area (Å²) in [7, 11) is 2.94. The minimum absolute atomic E-state index is 0.161. The number of nitrogens with one attached hydrogen (secondary N) is 3. The van der Waals surface area contributed by atoms with Gasteiger partial charge in [-0.05, 0) is 37.7 Å². The second kappa shape index (κ2) is 15.2. The number of thiophene rings is 1. The van der Waals surface area contributed by atoms with Crippen molar-refractivity contribution in [2.75, 3.05) is 70.7 Å². The third-order valence-corrected chi connectivity index (χ3v) is 9.28. The predicted molar refractivity (Wildman–Crippen MR) is 177 cm³/mol. The number of carbonyl (C=O) groups is 1. The summed E-state index contributed by atoms with van der Waals surface area (Å²) in [6.07, 6.45) is 4.38. The number of hydrogen-bond acceptors (Lipinski definition) is 11. The van der Waals surface area contributed by atoms with Crippen LogP contribution in [-0.2, 0) is 6.54 Å². The molecule has 0 atom stereocenters. The number of benzene rings is 1. The van der Waals surface area contributed by atoms with E-state index in [1.54, 1.807) is 11.4 Å². The van der Waals surface area contributed by atoms with Crippen LogP contribution in [0.2, 0.25) is 10.0 Å². The van der Waals surface area contributed by atoms with Crippen molar-refractivity contribution in [2.45, 2.75) is 19.9 Å². The Bertz CT molecular complexity index is 1550. The smallest absolute Gasteiger partial charge is 0.258 e. The standard InChI is InChI=1S/C30H36Cl2N8O3S/c1-4-39-10-12-40(13-11-39)9-5-8-33-15-19-6-7-23(34-16-19)37-29-28-26(35-18-36-29)20(17-44-28)30(41)38-27-24(31)21(42-2)14-22(43-3)25(27)32/h6-7,14,16-18,33H,4-5,8-13,15H2,1-3H3,(H,38,41)(H,34,35,36,37). The minimum atomic E-state index is -0.436. The summed E-state index contributed by atoms with van der Waals surface area (Å²) in [6, 6.07) is 5.51. The number of aromatic nitrogens is 3. The molecule has 44 heavy (non-hydrogen) atoms. The summed E-state index contributed by atoms with van der Waals surface area (Å²) in [6.45, 7) is 10.9. The summed E-state index contributed by atoms with van der Waals surface area (Å²) in [5.41, 5.74) is 2.12. The van der Waals surface area contributed by atoms with Gasteiger partial charge in [0, 0.05) is 50.4 Å². The van der Waals surface area contributed by atoms with Crippen LogP contribution < -0.4 is 25.4 Å². The third kappa shape index (κ3) is 7.51. The number of likely N-dealkylation sites (N-methyl/N-ethyl adjacent to an activating group) is 1. The Hall–Kier alpha value is -3.26. The third-order valence-electron chi connectivity index (χ3n) is 7.55. The van der Waals surface area contributed by atoms with E-state index in [0.717, 1.165) is 51.3 Å². The molecule has 1 aliphatic heterocycles. The number of ether oxygens (including phenoxy) is 2. The lowest BCUT2D eigenvalue weighted by Crippen LogP contribution is -2.46. The van der Waals surface area contributed by atoms with Crippen molar-refractivity contribution in [1.82, 2.24) is 30.1 Å². The molecular formula is C30H36Cl2N8O3S. The lowest BCUT2D eigenvalue weighted by molar-refractivity contribution is 0.102. The van der Waals surface area contributed by atoms with Crippen molar-refractivity contribution in [3.8, 4) is 11.5 Å². The molecular weight excluding hydrogens is 623 g/mol. The highest BCUT2D eigenvalue weighted by molar-refractivity contribution is 7.18. The van der Waals surface area contributed by atoms with Gasteiger partial charge >= 0.3 is 0 Å². The number of methoxy groups -OCH3 is 2. The SMILES string of the molecule is CCN1CCN(CCCNCc2ccc(Nc3ncnc4c(C(=O)Nc5c(Cl)c(OC)cc(OC)c5Cl)csc34)nc2)CC1. The summed E-state index contributed by atoms with van der Waals surface area (Å²) in [5.74, 6) is 1.39. The van der Waals surface area contributed by atoms with Gasteiger partial charge in [0.15, 0.2) is 5.82 Å². The number of piperazine rings is 1. The van der Waals surface area contributed by atoms with E-state index < -0.39 is 5.91 Å². The van der Waals surface area contributed by atoms with E-state index in [9.17, 15) is 4.79 Å². The van der Waals surface area contributed by atoms with Crippen molar-refractivity contribution in [1.29, 1.82) is 0 Å². The molecule has 234 valence electrons. The quantitative estimate of drug-likeness (QED) is 0.158. The van der Waals surface area contributed by atoms with E-state index in [1.165, 1.54) is 45.0 Å². The van der Waals surface area contributed by atoms with Gasteiger partial charge in [0.2, 0.25) is 0 Å². The largest absolute Gasteiger partial charge is 0.495 e. The summed E-state index contributed by atoms with van der Waals surface area (Å²) < 4.78 is 11.3. The predicted octanol–water partition coefficient (Wildman–Crippen LogP) is 5.52. The van der Waals surface area contributed by atoms with Crippen molar-refractivity contribution in [2.24, 2.45) is 0 Å². The number of fused-ring (bicyclic) bond motifs is 1. The van der Waals surface area contributed by atoms with Crippen LogP contribution in [0, 0.1) is 0 Å². The van der Waals surface area contributed by atoms with Crippen molar-refractivity contribution < 1.29 is 14.3 Å². The van der Waals surface area contributed by atoms with Crippen LogP contribution >= 0.6 is 34.5 Å². The monoisotopic (exact) mass is 658 g/mol. The summed E-state index contributed by atoms with van der Waals surface area (Å²) in [4.78, 5) is 31.7. The van der Waals surface area contributed by atoms with E-state index >= 15 is 0 Å². The topological polar surface area (TPSA) is 117 Å². The van der Waals surface area contributed by atoms with Gasteiger partial charge in [-0.1, -0.05) is 36.2 Å². The Morgan fingerprint density at radius 2 is 1.75 bits per heavy atom. The number of rotatable bonds is 13. The zero-order valence-electron chi connectivity index (χ0n) is 25.0. The first kappa shape index (κ1) is 32.1. The van der Waals surface area contributed by atoms with Gasteiger partial charge in [-0.3, -0.25) is 4.79 Å². The van der Waals surface area contributed by atoms with Crippen LogP contribution in [0.15, 0.2) is 36.1 Å². The fraction of sp³-hybridized carbons (Fsp3) is 0.400. The van der Waals surface area contributed by atoms with Gasteiger partial charge in [-0.2, -0.15) is 0 Å². The number of carbonyl (C=O) groups excluding carboxylic acids is 1. The maximum Gasteiger partial charge on any atom is 0.258 e. The zero-order chi connectivity index (χ0) is 31.1. The molecule has 5 rings (SSSR count). The molecule has 0 aliphatic carbocycles. The van der Waals surface area contributed by atoms with Crippen LogP contribution in [-0.4, -0.2) is 90.7 Å². The molecule has 1 aromatic carbocycles. The second-order valence-corrected chi connectivity index (χ2v) is 11.9. The molecule has 0 bridgehead atoms. The van der Waals surface area contributed by atoms with Gasteiger partial charge in [0.1, 0.15) is 33.7 Å². The maximum absolute atomic E-state index is 13.3. The number of halogens is 2. The van der Waals surface area contributed by atoms with Crippen molar-refractivity contribution >= 4 is 68.0 Å². The highest BCUT2D eigenvalue weighted by atomic mass is 35.5. The van der Waals surface area contributed by atoms with Gasteiger partial charge < -0.3 is 35.2 Å². The normalized spacial score (nSPS) is 14.1. The molecule has 0 saturated carbocycles. The van der Waals surface area contributed by atoms with E-state index in [4.69, 9.17) is 32.7 Å². The average molecular weight is 660 g/mol. The molecule has 1 amide bonds. The van der Waals surface area contributed by atoms with E-state index in [-0.39, 0.29) is 15.7 Å². The molecule has 1 fully saturated rings.